The summed E-state index contributed by atoms with van der Waals surface area (Å²) in [7, 11) is 0. The summed E-state index contributed by atoms with van der Waals surface area (Å²) in [6, 6.07) is 7.01. The Morgan fingerprint density at radius 1 is 1.33 bits per heavy atom. The van der Waals surface area contributed by atoms with Crippen molar-refractivity contribution in [3.05, 3.63) is 57.6 Å². The number of benzene rings is 1. The molecule has 1 heterocycles. The molecule has 0 aliphatic carbocycles. The smallest absolute Gasteiger partial charge is 0.341 e. The molecule has 1 aromatic heterocycles. The van der Waals surface area contributed by atoms with Gasteiger partial charge in [-0.1, -0.05) is 12.1 Å². The van der Waals surface area contributed by atoms with Gasteiger partial charge in [0.05, 0.1) is 5.69 Å². The van der Waals surface area contributed by atoms with E-state index in [0.29, 0.717) is 16.8 Å². The van der Waals surface area contributed by atoms with E-state index in [9.17, 15) is 14.0 Å². The summed E-state index contributed by atoms with van der Waals surface area (Å²) in [5.74, 6) is -1.71. The van der Waals surface area contributed by atoms with Gasteiger partial charge in [0.1, 0.15) is 11.4 Å². The van der Waals surface area contributed by atoms with Gasteiger partial charge in [-0.2, -0.15) is 0 Å². The molecule has 2 rings (SSSR count). The Morgan fingerprint density at radius 3 is 2.67 bits per heavy atom. The van der Waals surface area contributed by atoms with Gasteiger partial charge in [-0.15, -0.1) is 0 Å². The van der Waals surface area contributed by atoms with Crippen LogP contribution in [0.1, 0.15) is 15.9 Å². The summed E-state index contributed by atoms with van der Waals surface area (Å²) >= 11 is 0. The van der Waals surface area contributed by atoms with Crippen LogP contribution >= 0.6 is 0 Å². The Kier molecular flexibility index (Phi) is 2.97. The third-order valence-electron chi connectivity index (χ3n) is 2.58. The molecule has 0 fully saturated rings. The molecule has 0 bridgehead atoms. The molecule has 4 nitrogen and oxygen atoms in total. The van der Waals surface area contributed by atoms with E-state index in [1.165, 1.54) is 24.3 Å². The fourth-order valence-corrected chi connectivity index (χ4v) is 1.74. The number of aromatic amines is 1. The number of aromatic carboxylic acids is 1. The summed E-state index contributed by atoms with van der Waals surface area (Å²) in [4.78, 5) is 24.8. The summed E-state index contributed by atoms with van der Waals surface area (Å²) in [5, 5.41) is 8.82. The highest BCUT2D eigenvalue weighted by molar-refractivity contribution is 5.88. The number of rotatable bonds is 2. The third kappa shape index (κ3) is 2.15. The fourth-order valence-electron chi connectivity index (χ4n) is 1.74. The van der Waals surface area contributed by atoms with Crippen LogP contribution < -0.4 is 5.56 Å². The Balaban J connectivity index is 2.64. The third-order valence-corrected chi connectivity index (χ3v) is 2.58. The van der Waals surface area contributed by atoms with Gasteiger partial charge in [-0.3, -0.25) is 4.79 Å². The van der Waals surface area contributed by atoms with E-state index in [1.807, 2.05) is 0 Å². The normalized spacial score (nSPS) is 10.3. The monoisotopic (exact) mass is 247 g/mol. The van der Waals surface area contributed by atoms with Gasteiger partial charge in [-0.25, -0.2) is 9.18 Å². The average molecular weight is 247 g/mol. The SMILES string of the molecule is Cc1cc(C(=O)O)c(=O)[nH]c1-c1cccc(F)c1. The molecule has 2 aromatic rings. The topological polar surface area (TPSA) is 70.2 Å². The zero-order valence-electron chi connectivity index (χ0n) is 9.53. The zero-order chi connectivity index (χ0) is 13.3. The standard InChI is InChI=1S/C13H10FNO3/c1-7-5-10(13(17)18)12(16)15-11(7)8-3-2-4-9(14)6-8/h2-6H,1H3,(H,15,16)(H,17,18). The molecule has 18 heavy (non-hydrogen) atoms. The van der Waals surface area contributed by atoms with Crippen molar-refractivity contribution in [1.82, 2.24) is 4.98 Å². The Bertz CT molecular complexity index is 676. The fraction of sp³-hybridized carbons (Fsp3) is 0.0769. The number of halogens is 1. The maximum absolute atomic E-state index is 13.1. The largest absolute Gasteiger partial charge is 0.477 e. The first kappa shape index (κ1) is 12.0. The Labute approximate surface area is 102 Å². The number of hydrogen-bond acceptors (Lipinski definition) is 2. The predicted molar refractivity (Wildman–Crippen MR) is 64.2 cm³/mol. The summed E-state index contributed by atoms with van der Waals surface area (Å²) < 4.78 is 13.1. The van der Waals surface area contributed by atoms with Gasteiger partial charge in [-0.05, 0) is 30.7 Å². The number of nitrogens with one attached hydrogen (secondary N) is 1. The second-order valence-electron chi connectivity index (χ2n) is 3.89. The van der Waals surface area contributed by atoms with Crippen LogP contribution in [0.4, 0.5) is 4.39 Å². The summed E-state index contributed by atoms with van der Waals surface area (Å²) in [6.45, 7) is 1.66. The first-order chi connectivity index (χ1) is 8.49. The number of aryl methyl sites for hydroxylation is 1. The maximum atomic E-state index is 13.1. The molecule has 0 aliphatic rings. The molecule has 0 atom stereocenters. The van der Waals surface area contributed by atoms with Gasteiger partial charge in [0.25, 0.3) is 5.56 Å². The number of carboxylic acids is 1. The number of carbonyl (C=O) groups is 1. The molecule has 5 heteroatoms. The summed E-state index contributed by atoms with van der Waals surface area (Å²) in [6.07, 6.45) is 0. The molecule has 0 radical (unpaired) electrons. The highest BCUT2D eigenvalue weighted by Crippen LogP contribution is 2.20. The molecule has 0 spiro atoms. The van der Waals surface area contributed by atoms with Crippen LogP contribution in [0.5, 0.6) is 0 Å². The van der Waals surface area contributed by atoms with E-state index < -0.39 is 17.3 Å². The first-order valence-corrected chi connectivity index (χ1v) is 5.22. The second-order valence-corrected chi connectivity index (χ2v) is 3.89. The van der Waals surface area contributed by atoms with Crippen molar-refractivity contribution < 1.29 is 14.3 Å². The van der Waals surface area contributed by atoms with Gasteiger partial charge < -0.3 is 10.1 Å². The van der Waals surface area contributed by atoms with Gasteiger partial charge >= 0.3 is 5.97 Å². The van der Waals surface area contributed by atoms with Crippen molar-refractivity contribution in [2.45, 2.75) is 6.92 Å². The molecule has 1 aromatic carbocycles. The minimum Gasteiger partial charge on any atom is -0.477 e. The van der Waals surface area contributed by atoms with E-state index in [4.69, 9.17) is 5.11 Å². The molecule has 0 saturated heterocycles. The lowest BCUT2D eigenvalue weighted by molar-refractivity contribution is 0.0695. The lowest BCUT2D eigenvalue weighted by atomic mass is 10.1. The zero-order valence-corrected chi connectivity index (χ0v) is 9.53. The molecule has 0 unspecified atom stereocenters. The van der Waals surface area contributed by atoms with Crippen LogP contribution in [0.25, 0.3) is 11.3 Å². The predicted octanol–water partition coefficient (Wildman–Crippen LogP) is 2.19. The Hall–Kier alpha value is -2.43. The van der Waals surface area contributed by atoms with Gasteiger partial charge in [0.2, 0.25) is 0 Å². The number of hydrogen-bond donors (Lipinski definition) is 2. The number of aromatic nitrogens is 1. The van der Waals surface area contributed by atoms with E-state index >= 15 is 0 Å². The number of carboxylic acid groups (broad SMARTS) is 1. The number of H-pyrrole nitrogens is 1. The average Bonchev–Trinajstić information content (AvgIpc) is 2.31. The second kappa shape index (κ2) is 4.44. The van der Waals surface area contributed by atoms with E-state index in [1.54, 1.807) is 13.0 Å². The molecule has 0 saturated carbocycles. The molecular weight excluding hydrogens is 237 g/mol. The minimum atomic E-state index is -1.29. The van der Waals surface area contributed by atoms with Crippen LogP contribution in [0.2, 0.25) is 0 Å². The summed E-state index contributed by atoms with van der Waals surface area (Å²) in [5.41, 5.74) is 0.462. The molecule has 2 N–H and O–H groups in total. The van der Waals surface area contributed by atoms with Gasteiger partial charge in [0.15, 0.2) is 0 Å². The van der Waals surface area contributed by atoms with Crippen LogP contribution in [-0.2, 0) is 0 Å². The minimum absolute atomic E-state index is 0.326. The van der Waals surface area contributed by atoms with Gasteiger partial charge in [0, 0.05) is 5.56 Å². The van der Waals surface area contributed by atoms with Crippen molar-refractivity contribution in [3.63, 3.8) is 0 Å². The highest BCUT2D eigenvalue weighted by Gasteiger charge is 2.12. The quantitative estimate of drug-likeness (QED) is 0.854. The van der Waals surface area contributed by atoms with Crippen molar-refractivity contribution in [2.24, 2.45) is 0 Å². The molecule has 0 aliphatic heterocycles. The number of pyridine rings is 1. The van der Waals surface area contributed by atoms with Crippen molar-refractivity contribution in [3.8, 4) is 11.3 Å². The lowest BCUT2D eigenvalue weighted by Gasteiger charge is -2.07. The van der Waals surface area contributed by atoms with Crippen molar-refractivity contribution in [1.29, 1.82) is 0 Å². The lowest BCUT2D eigenvalue weighted by Crippen LogP contribution is -2.18. The van der Waals surface area contributed by atoms with Crippen LogP contribution in [0.3, 0.4) is 0 Å². The first-order valence-electron chi connectivity index (χ1n) is 5.22. The highest BCUT2D eigenvalue weighted by atomic mass is 19.1. The maximum Gasteiger partial charge on any atom is 0.341 e. The van der Waals surface area contributed by atoms with Crippen molar-refractivity contribution in [2.75, 3.05) is 0 Å². The van der Waals surface area contributed by atoms with E-state index in [0.717, 1.165) is 0 Å². The molecule has 0 amide bonds. The van der Waals surface area contributed by atoms with Crippen LogP contribution in [0.15, 0.2) is 35.1 Å². The molecule has 92 valence electrons. The van der Waals surface area contributed by atoms with E-state index in [2.05, 4.69) is 4.98 Å². The van der Waals surface area contributed by atoms with Crippen LogP contribution in [-0.4, -0.2) is 16.1 Å². The van der Waals surface area contributed by atoms with E-state index in [-0.39, 0.29) is 5.56 Å². The molecular formula is C13H10FNO3. The van der Waals surface area contributed by atoms with Crippen molar-refractivity contribution >= 4 is 5.97 Å². The Morgan fingerprint density at radius 2 is 2.06 bits per heavy atom. The van der Waals surface area contributed by atoms with Crippen LogP contribution in [0, 0.1) is 12.7 Å².